The van der Waals surface area contributed by atoms with Gasteiger partial charge in [0.25, 0.3) is 0 Å². The van der Waals surface area contributed by atoms with E-state index in [9.17, 15) is 13.6 Å². The molecule has 0 unspecified atom stereocenters. The number of aliphatic hydroxyl groups is 1. The first kappa shape index (κ1) is 16.7. The molecule has 0 aromatic heterocycles. The first-order valence-corrected chi connectivity index (χ1v) is 7.56. The Morgan fingerprint density at radius 1 is 1.18 bits per heavy atom. The Kier molecular flexibility index (Phi) is 5.34. The normalized spacial score (nSPS) is 16.1. The van der Waals surface area contributed by atoms with E-state index in [0.29, 0.717) is 38.2 Å². The predicted molar refractivity (Wildman–Crippen MR) is 80.9 cm³/mol. The topological polar surface area (TPSA) is 43.8 Å². The molecule has 1 heterocycles. The van der Waals surface area contributed by atoms with Crippen molar-refractivity contribution in [2.75, 3.05) is 37.7 Å². The van der Waals surface area contributed by atoms with Crippen LogP contribution in [0.4, 0.5) is 14.5 Å². The molecule has 6 heteroatoms. The highest BCUT2D eigenvalue weighted by Gasteiger charge is 2.23. The smallest absolute Gasteiger partial charge is 0.248 e. The molecular weight excluding hydrogens is 290 g/mol. The van der Waals surface area contributed by atoms with Crippen LogP contribution in [-0.2, 0) is 4.79 Å². The van der Waals surface area contributed by atoms with Crippen LogP contribution in [0, 0.1) is 11.6 Å². The summed E-state index contributed by atoms with van der Waals surface area (Å²) in [5, 5.41) is 8.91. The van der Waals surface area contributed by atoms with Crippen LogP contribution in [0.15, 0.2) is 12.1 Å². The average Bonchev–Trinajstić information content (AvgIpc) is 2.71. The molecule has 0 aliphatic carbocycles. The Bertz CT molecular complexity index is 526. The lowest BCUT2D eigenvalue weighted by Crippen LogP contribution is -2.37. The maximum absolute atomic E-state index is 14.3. The van der Waals surface area contributed by atoms with Crippen molar-refractivity contribution in [3.63, 3.8) is 0 Å². The Balaban J connectivity index is 2.20. The molecular formula is C16H22F2N2O2. The van der Waals surface area contributed by atoms with Gasteiger partial charge in [0.05, 0.1) is 0 Å². The number of halogens is 2. The minimum Gasteiger partial charge on any atom is -0.387 e. The van der Waals surface area contributed by atoms with Crippen LogP contribution in [-0.4, -0.2) is 48.7 Å². The van der Waals surface area contributed by atoms with E-state index >= 15 is 0 Å². The standard InChI is InChI=1S/C16H22F2N2O2/c1-11(2)12-8-13(17)16(14(18)9-12)20-5-3-4-19(6-7-20)15(22)10-21/h8-9,11,21H,3-7,10H2,1-2H3. The van der Waals surface area contributed by atoms with Gasteiger partial charge in [0, 0.05) is 26.2 Å². The quantitative estimate of drug-likeness (QED) is 0.930. The second-order valence-corrected chi connectivity index (χ2v) is 5.87. The molecule has 122 valence electrons. The number of benzene rings is 1. The minimum absolute atomic E-state index is 0.0253. The van der Waals surface area contributed by atoms with Crippen molar-refractivity contribution in [2.24, 2.45) is 0 Å². The number of nitrogens with zero attached hydrogens (tertiary/aromatic N) is 2. The summed E-state index contributed by atoms with van der Waals surface area (Å²) in [4.78, 5) is 14.7. The molecule has 0 spiro atoms. The third kappa shape index (κ3) is 3.55. The van der Waals surface area contributed by atoms with Crippen LogP contribution >= 0.6 is 0 Å². The van der Waals surface area contributed by atoms with Crippen molar-refractivity contribution in [3.8, 4) is 0 Å². The predicted octanol–water partition coefficient (Wildman–Crippen LogP) is 2.12. The monoisotopic (exact) mass is 312 g/mol. The SMILES string of the molecule is CC(C)c1cc(F)c(N2CCCN(C(=O)CO)CC2)c(F)c1. The van der Waals surface area contributed by atoms with Gasteiger partial charge in [0.2, 0.25) is 5.91 Å². The number of amides is 1. The van der Waals surface area contributed by atoms with Gasteiger partial charge in [-0.2, -0.15) is 0 Å². The van der Waals surface area contributed by atoms with Crippen LogP contribution in [0.1, 0.15) is 31.7 Å². The lowest BCUT2D eigenvalue weighted by Gasteiger charge is -2.25. The zero-order valence-corrected chi connectivity index (χ0v) is 13.0. The van der Waals surface area contributed by atoms with Crippen LogP contribution in [0.25, 0.3) is 0 Å². The van der Waals surface area contributed by atoms with Gasteiger partial charge in [-0.25, -0.2) is 8.78 Å². The third-order valence-electron chi connectivity index (χ3n) is 4.01. The number of hydrogen-bond donors (Lipinski definition) is 1. The fourth-order valence-electron chi connectivity index (χ4n) is 2.71. The van der Waals surface area contributed by atoms with Crippen molar-refractivity contribution < 1.29 is 18.7 Å². The molecule has 1 saturated heterocycles. The molecule has 1 aromatic carbocycles. The maximum Gasteiger partial charge on any atom is 0.248 e. The Labute approximate surface area is 129 Å². The van der Waals surface area contributed by atoms with E-state index in [4.69, 9.17) is 5.11 Å². The Morgan fingerprint density at radius 2 is 1.82 bits per heavy atom. The van der Waals surface area contributed by atoms with Gasteiger partial charge in [-0.15, -0.1) is 0 Å². The van der Waals surface area contributed by atoms with E-state index in [1.807, 2.05) is 13.8 Å². The van der Waals surface area contributed by atoms with Crippen molar-refractivity contribution in [3.05, 3.63) is 29.3 Å². The average molecular weight is 312 g/mol. The molecule has 1 aliphatic rings. The molecule has 2 rings (SSSR count). The molecule has 0 bridgehead atoms. The fourth-order valence-corrected chi connectivity index (χ4v) is 2.71. The van der Waals surface area contributed by atoms with Crippen molar-refractivity contribution >= 4 is 11.6 Å². The van der Waals surface area contributed by atoms with Crippen LogP contribution in [0.5, 0.6) is 0 Å². The molecule has 22 heavy (non-hydrogen) atoms. The van der Waals surface area contributed by atoms with Crippen LogP contribution < -0.4 is 4.90 Å². The fraction of sp³-hybridized carbons (Fsp3) is 0.562. The highest BCUT2D eigenvalue weighted by atomic mass is 19.1. The number of aliphatic hydroxyl groups excluding tert-OH is 1. The second kappa shape index (κ2) is 7.05. The molecule has 1 N–H and O–H groups in total. The lowest BCUT2D eigenvalue weighted by molar-refractivity contribution is -0.133. The first-order valence-electron chi connectivity index (χ1n) is 7.56. The molecule has 0 radical (unpaired) electrons. The van der Waals surface area contributed by atoms with E-state index in [0.717, 1.165) is 0 Å². The summed E-state index contributed by atoms with van der Waals surface area (Å²) >= 11 is 0. The summed E-state index contributed by atoms with van der Waals surface area (Å²) in [6, 6.07) is 2.76. The second-order valence-electron chi connectivity index (χ2n) is 5.87. The van der Waals surface area contributed by atoms with Gasteiger partial charge in [0.1, 0.15) is 23.9 Å². The number of carbonyl (C=O) groups excluding carboxylic acids is 1. The highest BCUT2D eigenvalue weighted by Crippen LogP contribution is 2.28. The Morgan fingerprint density at radius 3 is 2.36 bits per heavy atom. The summed E-state index contributed by atoms with van der Waals surface area (Å²) in [6.45, 7) is 4.90. The summed E-state index contributed by atoms with van der Waals surface area (Å²) in [5.41, 5.74) is 0.605. The number of hydrogen-bond acceptors (Lipinski definition) is 3. The minimum atomic E-state index is -0.564. The molecule has 1 aromatic rings. The van der Waals surface area contributed by atoms with Gasteiger partial charge >= 0.3 is 0 Å². The van der Waals surface area contributed by atoms with E-state index in [1.165, 1.54) is 17.0 Å². The molecule has 1 amide bonds. The van der Waals surface area contributed by atoms with Crippen LogP contribution in [0.2, 0.25) is 0 Å². The van der Waals surface area contributed by atoms with E-state index < -0.39 is 18.2 Å². The molecule has 1 fully saturated rings. The van der Waals surface area contributed by atoms with Crippen molar-refractivity contribution in [1.82, 2.24) is 4.90 Å². The van der Waals surface area contributed by atoms with Crippen molar-refractivity contribution in [1.29, 1.82) is 0 Å². The maximum atomic E-state index is 14.3. The Hall–Kier alpha value is -1.69. The summed E-state index contributed by atoms with van der Waals surface area (Å²) < 4.78 is 28.6. The zero-order valence-electron chi connectivity index (χ0n) is 13.0. The van der Waals surface area contributed by atoms with E-state index in [1.54, 1.807) is 4.90 Å². The number of anilines is 1. The largest absolute Gasteiger partial charge is 0.387 e. The summed E-state index contributed by atoms with van der Waals surface area (Å²) in [5.74, 6) is -1.42. The van der Waals surface area contributed by atoms with E-state index in [2.05, 4.69) is 0 Å². The molecule has 0 atom stereocenters. The van der Waals surface area contributed by atoms with E-state index in [-0.39, 0.29) is 17.5 Å². The van der Waals surface area contributed by atoms with Gasteiger partial charge in [-0.3, -0.25) is 4.79 Å². The molecule has 1 aliphatic heterocycles. The third-order valence-corrected chi connectivity index (χ3v) is 4.01. The molecule has 4 nitrogen and oxygen atoms in total. The van der Waals surface area contributed by atoms with Crippen LogP contribution in [0.3, 0.4) is 0 Å². The number of carbonyl (C=O) groups is 1. The molecule has 0 saturated carbocycles. The lowest BCUT2D eigenvalue weighted by atomic mass is 10.0. The van der Waals surface area contributed by atoms with Gasteiger partial charge < -0.3 is 14.9 Å². The van der Waals surface area contributed by atoms with Crippen molar-refractivity contribution in [2.45, 2.75) is 26.2 Å². The first-order chi connectivity index (χ1) is 10.4. The summed E-state index contributed by atoms with van der Waals surface area (Å²) in [7, 11) is 0. The van der Waals surface area contributed by atoms with Gasteiger partial charge in [-0.05, 0) is 30.0 Å². The van der Waals surface area contributed by atoms with Gasteiger partial charge in [0.15, 0.2) is 0 Å². The summed E-state index contributed by atoms with van der Waals surface area (Å²) in [6.07, 6.45) is 0.608. The zero-order chi connectivity index (χ0) is 16.3. The van der Waals surface area contributed by atoms with Gasteiger partial charge in [-0.1, -0.05) is 13.8 Å². The highest BCUT2D eigenvalue weighted by molar-refractivity contribution is 5.77. The number of rotatable bonds is 3.